The van der Waals surface area contributed by atoms with Crippen LogP contribution < -0.4 is 5.32 Å². The molecule has 1 aliphatic rings. The summed E-state index contributed by atoms with van der Waals surface area (Å²) in [5, 5.41) is 13.1. The van der Waals surface area contributed by atoms with Crippen LogP contribution in [-0.4, -0.2) is 24.4 Å². The molecule has 4 heteroatoms. The fourth-order valence-corrected chi connectivity index (χ4v) is 2.37. The van der Waals surface area contributed by atoms with Gasteiger partial charge in [0.25, 0.3) is 0 Å². The molecule has 3 unspecified atom stereocenters. The van der Waals surface area contributed by atoms with E-state index in [2.05, 4.69) is 12.2 Å². The van der Waals surface area contributed by atoms with E-state index < -0.39 is 5.82 Å². The first-order valence-electron chi connectivity index (χ1n) is 6.41. The van der Waals surface area contributed by atoms with Crippen molar-refractivity contribution in [3.8, 4) is 5.75 Å². The lowest BCUT2D eigenvalue weighted by molar-refractivity contribution is 0.105. The Balaban J connectivity index is 1.93. The lowest BCUT2D eigenvalue weighted by Gasteiger charge is -2.20. The lowest BCUT2D eigenvalue weighted by atomic mass is 10.0. The van der Waals surface area contributed by atoms with Gasteiger partial charge in [-0.25, -0.2) is 4.39 Å². The molecule has 1 aromatic carbocycles. The number of aromatic hydroxyl groups is 1. The maximum atomic E-state index is 12.9. The molecule has 18 heavy (non-hydrogen) atoms. The van der Waals surface area contributed by atoms with Crippen molar-refractivity contribution >= 4 is 0 Å². The molecular weight excluding hydrogens is 233 g/mol. The highest BCUT2D eigenvalue weighted by Crippen LogP contribution is 2.26. The smallest absolute Gasteiger partial charge is 0.126 e. The van der Waals surface area contributed by atoms with Gasteiger partial charge in [0.15, 0.2) is 0 Å². The summed E-state index contributed by atoms with van der Waals surface area (Å²) in [5.74, 6) is 0.0991. The number of phenols is 1. The van der Waals surface area contributed by atoms with Crippen LogP contribution in [0.4, 0.5) is 4.39 Å². The Morgan fingerprint density at radius 1 is 1.56 bits per heavy atom. The van der Waals surface area contributed by atoms with Gasteiger partial charge in [-0.2, -0.15) is 0 Å². The largest absolute Gasteiger partial charge is 0.508 e. The summed E-state index contributed by atoms with van der Waals surface area (Å²) in [5.41, 5.74) is 0.725. The predicted octanol–water partition coefficient (Wildman–Crippen LogP) is 2.61. The van der Waals surface area contributed by atoms with E-state index >= 15 is 0 Å². The molecule has 0 bridgehead atoms. The van der Waals surface area contributed by atoms with Crippen molar-refractivity contribution in [3.63, 3.8) is 0 Å². The zero-order chi connectivity index (χ0) is 13.1. The van der Waals surface area contributed by atoms with Gasteiger partial charge in [0.05, 0.1) is 6.10 Å². The van der Waals surface area contributed by atoms with E-state index in [1.54, 1.807) is 6.07 Å². The molecule has 0 saturated carbocycles. The van der Waals surface area contributed by atoms with E-state index in [4.69, 9.17) is 4.74 Å². The number of nitrogens with one attached hydrogen (secondary N) is 1. The number of rotatable bonds is 4. The van der Waals surface area contributed by atoms with Crippen LogP contribution in [0.15, 0.2) is 18.2 Å². The number of benzene rings is 1. The summed E-state index contributed by atoms with van der Waals surface area (Å²) in [6.07, 6.45) is 1.35. The second-order valence-electron chi connectivity index (χ2n) is 4.96. The number of ether oxygens (including phenoxy) is 1. The standard InChI is InChI=1S/C14H20FNO2/c1-9(13-4-3-12(15)7-14(13)17)16-8-11-5-6-18-10(11)2/h3-4,7,9-11,16-17H,5-6,8H2,1-2H3. The summed E-state index contributed by atoms with van der Waals surface area (Å²) >= 11 is 0. The van der Waals surface area contributed by atoms with Crippen molar-refractivity contribution < 1.29 is 14.2 Å². The van der Waals surface area contributed by atoms with Gasteiger partial charge in [-0.15, -0.1) is 0 Å². The third-order valence-corrected chi connectivity index (χ3v) is 3.68. The highest BCUT2D eigenvalue weighted by atomic mass is 19.1. The summed E-state index contributed by atoms with van der Waals surface area (Å²) < 4.78 is 18.4. The van der Waals surface area contributed by atoms with Gasteiger partial charge in [-0.3, -0.25) is 0 Å². The minimum atomic E-state index is -0.415. The van der Waals surface area contributed by atoms with Crippen molar-refractivity contribution in [2.45, 2.75) is 32.4 Å². The molecule has 1 heterocycles. The van der Waals surface area contributed by atoms with Crippen LogP contribution in [0.3, 0.4) is 0 Å². The number of hydrogen-bond acceptors (Lipinski definition) is 3. The predicted molar refractivity (Wildman–Crippen MR) is 68.0 cm³/mol. The second-order valence-corrected chi connectivity index (χ2v) is 4.96. The average molecular weight is 253 g/mol. The Labute approximate surface area is 107 Å². The minimum absolute atomic E-state index is 0.00148. The van der Waals surface area contributed by atoms with Crippen molar-refractivity contribution in [2.24, 2.45) is 5.92 Å². The number of phenolic OH excluding ortho intramolecular Hbond substituents is 1. The second kappa shape index (κ2) is 5.67. The Hall–Kier alpha value is -1.13. The molecule has 0 aliphatic carbocycles. The number of halogens is 1. The van der Waals surface area contributed by atoms with Gasteiger partial charge >= 0.3 is 0 Å². The zero-order valence-corrected chi connectivity index (χ0v) is 10.8. The van der Waals surface area contributed by atoms with Gasteiger partial charge in [0.1, 0.15) is 11.6 Å². The van der Waals surface area contributed by atoms with Crippen LogP contribution in [0.2, 0.25) is 0 Å². The Kier molecular flexibility index (Phi) is 4.19. The monoisotopic (exact) mass is 253 g/mol. The molecule has 3 nitrogen and oxygen atoms in total. The first-order chi connectivity index (χ1) is 8.58. The molecule has 1 saturated heterocycles. The normalized spacial score (nSPS) is 25.3. The first-order valence-corrected chi connectivity index (χ1v) is 6.41. The maximum Gasteiger partial charge on any atom is 0.126 e. The summed E-state index contributed by atoms with van der Waals surface area (Å²) in [4.78, 5) is 0. The zero-order valence-electron chi connectivity index (χ0n) is 10.8. The summed E-state index contributed by atoms with van der Waals surface area (Å²) in [7, 11) is 0. The van der Waals surface area contributed by atoms with Gasteiger partial charge in [-0.05, 0) is 32.3 Å². The summed E-state index contributed by atoms with van der Waals surface area (Å²) in [6, 6.07) is 4.14. The van der Waals surface area contributed by atoms with Crippen LogP contribution in [0, 0.1) is 11.7 Å². The van der Waals surface area contributed by atoms with Crippen LogP contribution in [0.5, 0.6) is 5.75 Å². The first kappa shape index (κ1) is 13.3. The fourth-order valence-electron chi connectivity index (χ4n) is 2.37. The average Bonchev–Trinajstić information content (AvgIpc) is 2.72. The molecule has 0 amide bonds. The molecule has 100 valence electrons. The molecule has 1 aliphatic heterocycles. The Morgan fingerprint density at radius 3 is 2.94 bits per heavy atom. The molecule has 0 radical (unpaired) electrons. The van der Waals surface area contributed by atoms with Crippen LogP contribution in [0.25, 0.3) is 0 Å². The molecular formula is C14H20FNO2. The molecule has 2 N–H and O–H groups in total. The van der Waals surface area contributed by atoms with E-state index in [9.17, 15) is 9.50 Å². The third kappa shape index (κ3) is 3.00. The van der Waals surface area contributed by atoms with Gasteiger partial charge in [-0.1, -0.05) is 6.07 Å². The van der Waals surface area contributed by atoms with Crippen LogP contribution >= 0.6 is 0 Å². The minimum Gasteiger partial charge on any atom is -0.508 e. The van der Waals surface area contributed by atoms with Crippen molar-refractivity contribution in [3.05, 3.63) is 29.6 Å². The van der Waals surface area contributed by atoms with Crippen molar-refractivity contribution in [1.82, 2.24) is 5.32 Å². The van der Waals surface area contributed by atoms with Crippen molar-refractivity contribution in [2.75, 3.05) is 13.2 Å². The van der Waals surface area contributed by atoms with E-state index in [0.717, 1.165) is 31.2 Å². The van der Waals surface area contributed by atoms with E-state index in [1.807, 2.05) is 6.92 Å². The lowest BCUT2D eigenvalue weighted by Crippen LogP contribution is -2.29. The SMILES string of the molecule is CC(NCC1CCOC1C)c1ccc(F)cc1O. The van der Waals surface area contributed by atoms with Crippen molar-refractivity contribution in [1.29, 1.82) is 0 Å². The van der Waals surface area contributed by atoms with Gasteiger partial charge in [0, 0.05) is 30.8 Å². The van der Waals surface area contributed by atoms with E-state index in [-0.39, 0.29) is 17.9 Å². The molecule has 3 atom stereocenters. The summed E-state index contributed by atoms with van der Waals surface area (Å²) in [6.45, 7) is 5.72. The maximum absolute atomic E-state index is 12.9. The molecule has 0 spiro atoms. The van der Waals surface area contributed by atoms with Crippen LogP contribution in [-0.2, 0) is 4.74 Å². The molecule has 2 rings (SSSR count). The van der Waals surface area contributed by atoms with Gasteiger partial charge in [0.2, 0.25) is 0 Å². The number of hydrogen-bond donors (Lipinski definition) is 2. The quantitative estimate of drug-likeness (QED) is 0.866. The van der Waals surface area contributed by atoms with Gasteiger partial charge < -0.3 is 15.2 Å². The Morgan fingerprint density at radius 2 is 2.33 bits per heavy atom. The highest BCUT2D eigenvalue weighted by Gasteiger charge is 2.24. The van der Waals surface area contributed by atoms with Crippen LogP contribution in [0.1, 0.15) is 31.9 Å². The van der Waals surface area contributed by atoms with E-state index in [0.29, 0.717) is 5.92 Å². The highest BCUT2D eigenvalue weighted by molar-refractivity contribution is 5.34. The third-order valence-electron chi connectivity index (χ3n) is 3.68. The fraction of sp³-hybridized carbons (Fsp3) is 0.571. The molecule has 1 aromatic rings. The molecule has 1 fully saturated rings. The topological polar surface area (TPSA) is 41.5 Å². The molecule has 0 aromatic heterocycles. The Bertz CT molecular complexity index is 411. The van der Waals surface area contributed by atoms with E-state index in [1.165, 1.54) is 6.07 Å².